The normalized spacial score (nSPS) is 11.1. The number of nitrogens with zero attached hydrogens (tertiary/aromatic N) is 1. The van der Waals surface area contributed by atoms with Crippen LogP contribution in [-0.4, -0.2) is 19.9 Å². The topological polar surface area (TPSA) is 32.3 Å². The first-order chi connectivity index (χ1) is 7.49. The van der Waals surface area contributed by atoms with Crippen molar-refractivity contribution in [3.63, 3.8) is 0 Å². The van der Waals surface area contributed by atoms with Crippen molar-refractivity contribution in [2.45, 2.75) is 13.8 Å². The molecule has 0 radical (unpaired) electrons. The largest absolute Gasteiger partial charge is 0.378 e. The van der Waals surface area contributed by atoms with Gasteiger partial charge in [-0.15, -0.1) is 0 Å². The summed E-state index contributed by atoms with van der Waals surface area (Å²) in [6, 6.07) is 8.05. The molecule has 0 bridgehead atoms. The molecule has 0 atom stereocenters. The van der Waals surface area contributed by atoms with E-state index in [1.807, 2.05) is 50.2 Å². The highest BCUT2D eigenvalue weighted by atomic mass is 16.1. The van der Waals surface area contributed by atoms with E-state index in [1.54, 1.807) is 13.0 Å². The van der Waals surface area contributed by atoms with Crippen LogP contribution in [0.2, 0.25) is 0 Å². The van der Waals surface area contributed by atoms with Gasteiger partial charge in [0.2, 0.25) is 0 Å². The van der Waals surface area contributed by atoms with Gasteiger partial charge < -0.3 is 10.2 Å². The van der Waals surface area contributed by atoms with E-state index in [0.717, 1.165) is 17.1 Å². The highest BCUT2D eigenvalue weighted by molar-refractivity contribution is 5.88. The van der Waals surface area contributed by atoms with Gasteiger partial charge in [-0.3, -0.25) is 4.79 Å². The Bertz CT molecular complexity index is 391. The average molecular weight is 218 g/mol. The maximum Gasteiger partial charge on any atom is 0.154 e. The molecule has 0 aromatic heterocycles. The minimum atomic E-state index is 0.0508. The van der Waals surface area contributed by atoms with E-state index >= 15 is 0 Å². The second-order valence-corrected chi connectivity index (χ2v) is 4.00. The van der Waals surface area contributed by atoms with Crippen LogP contribution in [0.5, 0.6) is 0 Å². The molecule has 1 N–H and O–H groups in total. The Balaban J connectivity index is 2.72. The number of carbonyl (C=O) groups excluding carboxylic acids is 1. The van der Waals surface area contributed by atoms with E-state index in [1.165, 1.54) is 0 Å². The Morgan fingerprint density at radius 2 is 1.75 bits per heavy atom. The number of allylic oxidation sites excluding steroid dienone is 2. The number of anilines is 2. The van der Waals surface area contributed by atoms with Crippen molar-refractivity contribution >= 4 is 17.2 Å². The molecule has 0 unspecified atom stereocenters. The molecule has 0 aliphatic carbocycles. The summed E-state index contributed by atoms with van der Waals surface area (Å²) in [7, 11) is 4.01. The molecule has 0 aliphatic rings. The van der Waals surface area contributed by atoms with E-state index < -0.39 is 0 Å². The molecule has 0 saturated carbocycles. The van der Waals surface area contributed by atoms with Gasteiger partial charge in [0.25, 0.3) is 0 Å². The van der Waals surface area contributed by atoms with E-state index in [0.29, 0.717) is 0 Å². The van der Waals surface area contributed by atoms with Crippen molar-refractivity contribution in [2.75, 3.05) is 24.3 Å². The van der Waals surface area contributed by atoms with E-state index in [-0.39, 0.29) is 5.78 Å². The molecule has 1 aromatic carbocycles. The van der Waals surface area contributed by atoms with E-state index in [9.17, 15) is 4.79 Å². The molecule has 3 nitrogen and oxygen atoms in total. The van der Waals surface area contributed by atoms with Crippen molar-refractivity contribution in [2.24, 2.45) is 0 Å². The van der Waals surface area contributed by atoms with Crippen LogP contribution in [0.25, 0.3) is 0 Å². The third-order valence-electron chi connectivity index (χ3n) is 2.14. The van der Waals surface area contributed by atoms with Crippen LogP contribution in [0.15, 0.2) is 36.0 Å². The third-order valence-corrected chi connectivity index (χ3v) is 2.14. The number of hydrogen-bond donors (Lipinski definition) is 1. The fourth-order valence-corrected chi connectivity index (χ4v) is 1.41. The number of benzene rings is 1. The zero-order valence-electron chi connectivity index (χ0n) is 10.2. The Kier molecular flexibility index (Phi) is 4.11. The van der Waals surface area contributed by atoms with Gasteiger partial charge in [-0.1, -0.05) is 0 Å². The minimum Gasteiger partial charge on any atom is -0.378 e. The Labute approximate surface area is 96.8 Å². The minimum absolute atomic E-state index is 0.0508. The first-order valence-corrected chi connectivity index (χ1v) is 5.22. The van der Waals surface area contributed by atoms with Crippen LogP contribution in [0.4, 0.5) is 11.4 Å². The van der Waals surface area contributed by atoms with Crippen LogP contribution in [0.1, 0.15) is 13.8 Å². The van der Waals surface area contributed by atoms with Gasteiger partial charge in [-0.2, -0.15) is 0 Å². The summed E-state index contributed by atoms with van der Waals surface area (Å²) in [5, 5.41) is 3.16. The molecule has 16 heavy (non-hydrogen) atoms. The molecule has 3 heteroatoms. The zero-order valence-corrected chi connectivity index (χ0v) is 10.2. The van der Waals surface area contributed by atoms with E-state index in [4.69, 9.17) is 0 Å². The van der Waals surface area contributed by atoms with Gasteiger partial charge in [0.15, 0.2) is 5.78 Å². The van der Waals surface area contributed by atoms with Crippen molar-refractivity contribution in [3.05, 3.63) is 36.0 Å². The predicted octanol–water partition coefficient (Wildman–Crippen LogP) is 2.66. The maximum atomic E-state index is 10.9. The lowest BCUT2D eigenvalue weighted by Crippen LogP contribution is -2.08. The summed E-state index contributed by atoms with van der Waals surface area (Å²) >= 11 is 0. The van der Waals surface area contributed by atoms with Crippen LogP contribution in [0.3, 0.4) is 0 Å². The standard InChI is InChI=1S/C13H18N2O/c1-10(9-11(2)16)14-12-5-7-13(8-6-12)15(3)4/h5-9,14H,1-4H3/b10-9+. The van der Waals surface area contributed by atoms with Gasteiger partial charge in [-0.25, -0.2) is 0 Å². The number of ketones is 1. The first-order valence-electron chi connectivity index (χ1n) is 5.22. The van der Waals surface area contributed by atoms with Crippen molar-refractivity contribution in [1.29, 1.82) is 0 Å². The third kappa shape index (κ3) is 3.77. The molecule has 1 aromatic rings. The van der Waals surface area contributed by atoms with Crippen molar-refractivity contribution in [3.8, 4) is 0 Å². The highest BCUT2D eigenvalue weighted by Crippen LogP contribution is 2.16. The number of nitrogens with one attached hydrogen (secondary N) is 1. The molecule has 1 rings (SSSR count). The number of hydrogen-bond acceptors (Lipinski definition) is 3. The summed E-state index contributed by atoms with van der Waals surface area (Å²) in [5.74, 6) is 0.0508. The van der Waals surface area contributed by atoms with Gasteiger partial charge in [0.05, 0.1) is 0 Å². The number of rotatable bonds is 4. The Morgan fingerprint density at radius 1 is 1.19 bits per heavy atom. The lowest BCUT2D eigenvalue weighted by molar-refractivity contribution is -0.112. The molecule has 0 heterocycles. The van der Waals surface area contributed by atoms with Gasteiger partial charge in [-0.05, 0) is 44.2 Å². The van der Waals surface area contributed by atoms with Crippen molar-refractivity contribution in [1.82, 2.24) is 0 Å². The lowest BCUT2D eigenvalue weighted by Gasteiger charge is -2.13. The maximum absolute atomic E-state index is 10.9. The van der Waals surface area contributed by atoms with Crippen LogP contribution >= 0.6 is 0 Å². The summed E-state index contributed by atoms with van der Waals surface area (Å²) in [6.07, 6.45) is 1.58. The molecule has 0 fully saturated rings. The highest BCUT2D eigenvalue weighted by Gasteiger charge is 1.97. The van der Waals surface area contributed by atoms with E-state index in [2.05, 4.69) is 5.32 Å². The van der Waals surface area contributed by atoms with Gasteiger partial charge >= 0.3 is 0 Å². The molecular weight excluding hydrogens is 200 g/mol. The fourth-order valence-electron chi connectivity index (χ4n) is 1.41. The SMILES string of the molecule is CC(=O)/C=C(\C)Nc1ccc(N(C)C)cc1. The summed E-state index contributed by atoms with van der Waals surface area (Å²) in [4.78, 5) is 12.9. The quantitative estimate of drug-likeness (QED) is 0.788. The van der Waals surface area contributed by atoms with Crippen LogP contribution in [0, 0.1) is 0 Å². The fraction of sp³-hybridized carbons (Fsp3) is 0.308. The second-order valence-electron chi connectivity index (χ2n) is 4.00. The van der Waals surface area contributed by atoms with Crippen LogP contribution < -0.4 is 10.2 Å². The van der Waals surface area contributed by atoms with Crippen LogP contribution in [-0.2, 0) is 4.79 Å². The average Bonchev–Trinajstić information content (AvgIpc) is 2.16. The molecule has 0 saturated heterocycles. The Morgan fingerprint density at radius 3 is 2.19 bits per heavy atom. The lowest BCUT2D eigenvalue weighted by atomic mass is 10.2. The molecule has 0 spiro atoms. The summed E-state index contributed by atoms with van der Waals surface area (Å²) < 4.78 is 0. The summed E-state index contributed by atoms with van der Waals surface area (Å²) in [6.45, 7) is 3.42. The first kappa shape index (κ1) is 12.3. The molecular formula is C13H18N2O. The number of carbonyl (C=O) groups is 1. The molecule has 0 aliphatic heterocycles. The summed E-state index contributed by atoms with van der Waals surface area (Å²) in [5.41, 5.74) is 2.99. The molecule has 86 valence electrons. The van der Waals surface area contributed by atoms with Gasteiger partial charge in [0, 0.05) is 31.2 Å². The second kappa shape index (κ2) is 5.35. The zero-order chi connectivity index (χ0) is 12.1. The predicted molar refractivity (Wildman–Crippen MR) is 68.8 cm³/mol. The monoisotopic (exact) mass is 218 g/mol. The Hall–Kier alpha value is -1.77. The smallest absolute Gasteiger partial charge is 0.154 e. The molecule has 0 amide bonds. The van der Waals surface area contributed by atoms with Gasteiger partial charge in [0.1, 0.15) is 0 Å². The van der Waals surface area contributed by atoms with Crippen molar-refractivity contribution < 1.29 is 4.79 Å².